The Kier molecular flexibility index (Phi) is 6.47. The molecule has 1 aromatic carbocycles. The van der Waals surface area contributed by atoms with Crippen LogP contribution in [0, 0.1) is 17.6 Å². The molecule has 172 valence electrons. The van der Waals surface area contributed by atoms with Gasteiger partial charge in [-0.1, -0.05) is 5.16 Å². The normalized spacial score (nSPS) is 18.8. The van der Waals surface area contributed by atoms with E-state index in [0.29, 0.717) is 6.07 Å². The number of hydrogen-bond acceptors (Lipinski definition) is 6. The molecule has 1 aliphatic rings. The highest BCUT2D eigenvalue weighted by molar-refractivity contribution is 5.93. The number of ether oxygens (including phenoxy) is 1. The number of hydrogen-bond donors (Lipinski definition) is 2. The number of carbonyl (C=O) groups is 3. The molecule has 0 aliphatic carbocycles. The number of piperidine rings is 1. The van der Waals surface area contributed by atoms with Crippen LogP contribution in [0.2, 0.25) is 0 Å². The predicted octanol–water partition coefficient (Wildman–Crippen LogP) is 3.06. The number of nitrogens with one attached hydrogen (secondary N) is 1. The van der Waals surface area contributed by atoms with Crippen molar-refractivity contribution in [2.24, 2.45) is 5.92 Å². The van der Waals surface area contributed by atoms with E-state index in [2.05, 4.69) is 10.5 Å². The van der Waals surface area contributed by atoms with E-state index in [-0.39, 0.29) is 36.5 Å². The molecule has 2 heterocycles. The number of likely N-dealkylation sites (tertiary alicyclic amines) is 1. The van der Waals surface area contributed by atoms with Crippen LogP contribution in [0.5, 0.6) is 0 Å². The van der Waals surface area contributed by atoms with Gasteiger partial charge in [0.1, 0.15) is 17.2 Å². The molecule has 0 radical (unpaired) electrons. The molecule has 2 atom stereocenters. The quantitative estimate of drug-likeness (QED) is 0.733. The van der Waals surface area contributed by atoms with Crippen LogP contribution in [-0.4, -0.2) is 57.9 Å². The first kappa shape index (κ1) is 23.2. The van der Waals surface area contributed by atoms with E-state index in [0.717, 1.165) is 12.1 Å². The number of aliphatic carboxylic acids is 1. The molecule has 1 saturated heterocycles. The van der Waals surface area contributed by atoms with Crippen molar-refractivity contribution in [2.45, 2.75) is 38.8 Å². The zero-order valence-corrected chi connectivity index (χ0v) is 17.7. The van der Waals surface area contributed by atoms with Crippen LogP contribution >= 0.6 is 0 Å². The number of carboxylic acid groups (broad SMARTS) is 1. The third kappa shape index (κ3) is 5.40. The van der Waals surface area contributed by atoms with Gasteiger partial charge in [-0.05, 0) is 39.3 Å². The summed E-state index contributed by atoms with van der Waals surface area (Å²) in [4.78, 5) is 37.9. The highest BCUT2D eigenvalue weighted by atomic mass is 19.1. The molecule has 1 aromatic heterocycles. The van der Waals surface area contributed by atoms with Crippen LogP contribution < -0.4 is 5.32 Å². The summed E-state index contributed by atoms with van der Waals surface area (Å²) in [5.74, 6) is -4.69. The lowest BCUT2D eigenvalue weighted by atomic mass is 9.92. The van der Waals surface area contributed by atoms with Gasteiger partial charge >= 0.3 is 12.1 Å². The van der Waals surface area contributed by atoms with E-state index in [1.54, 1.807) is 20.8 Å². The number of carboxylic acids is 1. The van der Waals surface area contributed by atoms with E-state index < -0.39 is 47.2 Å². The molecule has 2 amide bonds. The SMILES string of the molecule is CC(C)(C)OC(=O)N1CC[C@H](NC(=O)c2cc(-c3ccc(F)cc3F)on2)C(C(=O)O)C1. The van der Waals surface area contributed by atoms with Crippen molar-refractivity contribution in [1.29, 1.82) is 0 Å². The van der Waals surface area contributed by atoms with Gasteiger partial charge in [-0.25, -0.2) is 13.6 Å². The van der Waals surface area contributed by atoms with E-state index >= 15 is 0 Å². The average Bonchev–Trinajstić information content (AvgIpc) is 3.16. The Labute approximate surface area is 182 Å². The average molecular weight is 451 g/mol. The second-order valence-electron chi connectivity index (χ2n) is 8.44. The lowest BCUT2D eigenvalue weighted by molar-refractivity contribution is -0.144. The fourth-order valence-electron chi connectivity index (χ4n) is 3.31. The third-order valence-corrected chi connectivity index (χ3v) is 4.84. The molecule has 1 aliphatic heterocycles. The molecule has 1 fully saturated rings. The summed E-state index contributed by atoms with van der Waals surface area (Å²) in [6.07, 6.45) is -0.449. The van der Waals surface area contributed by atoms with Gasteiger partial charge in [-0.15, -0.1) is 0 Å². The largest absolute Gasteiger partial charge is 0.481 e. The standard InChI is InChI=1S/C21H23F2N3O6/c1-21(2,3)31-20(30)26-7-6-15(13(10-26)19(28)29)24-18(27)16-9-17(32-25-16)12-5-4-11(22)8-14(12)23/h4-5,8-9,13,15H,6-7,10H2,1-3H3,(H,24,27)(H,28,29)/t13?,15-/m0/s1. The van der Waals surface area contributed by atoms with Crippen LogP contribution in [-0.2, 0) is 9.53 Å². The summed E-state index contributed by atoms with van der Waals surface area (Å²) >= 11 is 0. The van der Waals surface area contributed by atoms with Gasteiger partial charge < -0.3 is 24.6 Å². The van der Waals surface area contributed by atoms with E-state index in [9.17, 15) is 28.3 Å². The summed E-state index contributed by atoms with van der Waals surface area (Å²) < 4.78 is 37.3. The molecule has 2 N–H and O–H groups in total. The number of aromatic nitrogens is 1. The molecular weight excluding hydrogens is 428 g/mol. The molecule has 0 saturated carbocycles. The number of nitrogens with zero attached hydrogens (tertiary/aromatic N) is 2. The Morgan fingerprint density at radius 1 is 1.25 bits per heavy atom. The van der Waals surface area contributed by atoms with Gasteiger partial charge in [-0.3, -0.25) is 9.59 Å². The number of halogens is 2. The van der Waals surface area contributed by atoms with Crippen molar-refractivity contribution in [3.63, 3.8) is 0 Å². The zero-order chi connectivity index (χ0) is 23.6. The van der Waals surface area contributed by atoms with Gasteiger partial charge in [-0.2, -0.15) is 0 Å². The fraction of sp³-hybridized carbons (Fsp3) is 0.429. The summed E-state index contributed by atoms with van der Waals surface area (Å²) in [6.45, 7) is 5.16. The molecule has 32 heavy (non-hydrogen) atoms. The van der Waals surface area contributed by atoms with E-state index in [4.69, 9.17) is 9.26 Å². The minimum absolute atomic E-state index is 0.0768. The second-order valence-corrected chi connectivity index (χ2v) is 8.44. The second kappa shape index (κ2) is 8.93. The molecule has 11 heteroatoms. The van der Waals surface area contributed by atoms with E-state index in [1.165, 1.54) is 11.0 Å². The maximum atomic E-state index is 13.9. The lowest BCUT2D eigenvalue weighted by Gasteiger charge is -2.37. The fourth-order valence-corrected chi connectivity index (χ4v) is 3.31. The van der Waals surface area contributed by atoms with Crippen molar-refractivity contribution < 1.29 is 37.5 Å². The van der Waals surface area contributed by atoms with Gasteiger partial charge in [0.15, 0.2) is 11.5 Å². The maximum absolute atomic E-state index is 13.9. The molecular formula is C21H23F2N3O6. The number of rotatable bonds is 4. The molecule has 3 rings (SSSR count). The van der Waals surface area contributed by atoms with Crippen LogP contribution in [0.3, 0.4) is 0 Å². The first-order valence-electron chi connectivity index (χ1n) is 9.88. The van der Waals surface area contributed by atoms with Crippen molar-refractivity contribution in [2.75, 3.05) is 13.1 Å². The summed E-state index contributed by atoms with van der Waals surface area (Å²) in [7, 11) is 0. The molecule has 0 spiro atoms. The summed E-state index contributed by atoms with van der Waals surface area (Å²) in [5.41, 5.74) is -0.996. The van der Waals surface area contributed by atoms with E-state index in [1.807, 2.05) is 0 Å². The Hall–Kier alpha value is -3.50. The maximum Gasteiger partial charge on any atom is 0.410 e. The Morgan fingerprint density at radius 2 is 1.97 bits per heavy atom. The summed E-state index contributed by atoms with van der Waals surface area (Å²) in [6, 6.07) is 3.27. The minimum Gasteiger partial charge on any atom is -0.481 e. The van der Waals surface area contributed by atoms with Crippen LogP contribution in [0.1, 0.15) is 37.7 Å². The minimum atomic E-state index is -1.18. The van der Waals surface area contributed by atoms with Gasteiger partial charge in [0.25, 0.3) is 5.91 Å². The first-order valence-corrected chi connectivity index (χ1v) is 9.88. The first-order chi connectivity index (χ1) is 14.9. The molecule has 0 bridgehead atoms. The van der Waals surface area contributed by atoms with Crippen LogP contribution in [0.4, 0.5) is 13.6 Å². The topological polar surface area (TPSA) is 122 Å². The molecule has 9 nitrogen and oxygen atoms in total. The lowest BCUT2D eigenvalue weighted by Crippen LogP contribution is -2.55. The smallest absolute Gasteiger partial charge is 0.410 e. The van der Waals surface area contributed by atoms with Gasteiger partial charge in [0.05, 0.1) is 11.5 Å². The summed E-state index contributed by atoms with van der Waals surface area (Å²) in [5, 5.41) is 15.8. The highest BCUT2D eigenvalue weighted by Gasteiger charge is 2.38. The Bertz CT molecular complexity index is 1030. The van der Waals surface area contributed by atoms with Crippen molar-refractivity contribution >= 4 is 18.0 Å². The molecule has 1 unspecified atom stereocenters. The molecule has 2 aromatic rings. The Morgan fingerprint density at radius 3 is 2.59 bits per heavy atom. The van der Waals surface area contributed by atoms with Gasteiger partial charge in [0.2, 0.25) is 0 Å². The van der Waals surface area contributed by atoms with Crippen LogP contribution in [0.15, 0.2) is 28.8 Å². The highest BCUT2D eigenvalue weighted by Crippen LogP contribution is 2.25. The number of carbonyl (C=O) groups excluding carboxylic acids is 2. The van der Waals surface area contributed by atoms with Crippen LogP contribution in [0.25, 0.3) is 11.3 Å². The van der Waals surface area contributed by atoms with Crippen molar-refractivity contribution in [3.8, 4) is 11.3 Å². The third-order valence-electron chi connectivity index (χ3n) is 4.84. The zero-order valence-electron chi connectivity index (χ0n) is 17.7. The van der Waals surface area contributed by atoms with Crippen molar-refractivity contribution in [3.05, 3.63) is 41.6 Å². The Balaban J connectivity index is 1.69. The predicted molar refractivity (Wildman–Crippen MR) is 107 cm³/mol. The monoisotopic (exact) mass is 451 g/mol. The van der Waals surface area contributed by atoms with Crippen molar-refractivity contribution in [1.82, 2.24) is 15.4 Å². The number of benzene rings is 1. The van der Waals surface area contributed by atoms with Gasteiger partial charge in [0, 0.05) is 31.3 Å². The number of amides is 2.